The van der Waals surface area contributed by atoms with Crippen molar-refractivity contribution in [1.82, 2.24) is 19.7 Å². The number of rotatable bonds is 3. The molecule has 30 heavy (non-hydrogen) atoms. The second kappa shape index (κ2) is 7.67. The quantitative estimate of drug-likeness (QED) is 0.662. The van der Waals surface area contributed by atoms with Gasteiger partial charge < -0.3 is 4.90 Å². The number of hydrogen-bond donors (Lipinski definition) is 0. The molecular formula is C24H26N4O2. The van der Waals surface area contributed by atoms with Gasteiger partial charge in [-0.25, -0.2) is 4.98 Å². The van der Waals surface area contributed by atoms with Gasteiger partial charge in [0, 0.05) is 48.6 Å². The van der Waals surface area contributed by atoms with Crippen molar-refractivity contribution in [2.45, 2.75) is 51.6 Å². The average Bonchev–Trinajstić information content (AvgIpc) is 3.28. The maximum atomic E-state index is 13.8. The van der Waals surface area contributed by atoms with Crippen LogP contribution in [0.1, 0.15) is 49.4 Å². The van der Waals surface area contributed by atoms with Crippen molar-refractivity contribution < 1.29 is 9.59 Å². The number of nitrogens with zero attached hydrogens (tertiary/aromatic N) is 4. The monoisotopic (exact) mass is 402 g/mol. The maximum absolute atomic E-state index is 13.8. The molecule has 1 aliphatic carbocycles. The summed E-state index contributed by atoms with van der Waals surface area (Å²) in [5.74, 6) is 0.352. The largest absolute Gasteiger partial charge is 0.334 e. The van der Waals surface area contributed by atoms with Crippen molar-refractivity contribution in [3.63, 3.8) is 0 Å². The number of hydrogen-bond acceptors (Lipinski definition) is 4. The number of carbonyl (C=O) groups is 2. The van der Waals surface area contributed by atoms with E-state index in [1.54, 1.807) is 6.20 Å². The van der Waals surface area contributed by atoms with Crippen LogP contribution >= 0.6 is 0 Å². The summed E-state index contributed by atoms with van der Waals surface area (Å²) in [6.07, 6.45) is 8.21. The van der Waals surface area contributed by atoms with Gasteiger partial charge in [0.05, 0.1) is 23.0 Å². The number of fused-ring (bicyclic) bond motifs is 2. The molecule has 0 spiro atoms. The summed E-state index contributed by atoms with van der Waals surface area (Å²) in [6.45, 7) is 3.33. The molecule has 6 heteroatoms. The van der Waals surface area contributed by atoms with E-state index in [2.05, 4.69) is 5.10 Å². The molecule has 2 atom stereocenters. The molecule has 0 unspecified atom stereocenters. The number of Topliss-reactive ketones (excluding diaryl/α,β-unsaturated/α-hetero) is 1. The number of benzene rings is 1. The molecule has 5 rings (SSSR count). The Bertz CT molecular complexity index is 1120. The Morgan fingerprint density at radius 3 is 2.87 bits per heavy atom. The molecule has 3 heterocycles. The third-order valence-corrected chi connectivity index (χ3v) is 6.60. The maximum Gasteiger partial charge on any atom is 0.254 e. The minimum atomic E-state index is 0.00630. The van der Waals surface area contributed by atoms with Crippen LogP contribution in [0, 0.1) is 5.92 Å². The average molecular weight is 402 g/mol. The number of ketones is 1. The molecule has 154 valence electrons. The van der Waals surface area contributed by atoms with Crippen LogP contribution in [0.4, 0.5) is 0 Å². The molecule has 1 saturated carbocycles. The number of likely N-dealkylation sites (tertiary alicyclic amines) is 1. The number of carbonyl (C=O) groups excluding carboxylic acids is 2. The van der Waals surface area contributed by atoms with E-state index in [0.717, 1.165) is 54.4 Å². The van der Waals surface area contributed by atoms with Gasteiger partial charge in [0.15, 0.2) is 0 Å². The minimum absolute atomic E-state index is 0.00630. The lowest BCUT2D eigenvalue weighted by molar-refractivity contribution is -0.129. The van der Waals surface area contributed by atoms with Crippen molar-refractivity contribution in [3.05, 3.63) is 48.3 Å². The molecule has 1 saturated heterocycles. The fourth-order valence-electron chi connectivity index (χ4n) is 5.02. The first kappa shape index (κ1) is 19.0. The third kappa shape index (κ3) is 3.20. The summed E-state index contributed by atoms with van der Waals surface area (Å²) in [6, 6.07) is 9.73. The summed E-state index contributed by atoms with van der Waals surface area (Å²) in [5, 5.41) is 5.22. The Hall–Kier alpha value is -3.02. The molecule has 6 nitrogen and oxygen atoms in total. The highest BCUT2D eigenvalue weighted by molar-refractivity contribution is 6.07. The van der Waals surface area contributed by atoms with E-state index in [1.165, 1.54) is 0 Å². The lowest BCUT2D eigenvalue weighted by Gasteiger charge is -2.43. The predicted molar refractivity (Wildman–Crippen MR) is 115 cm³/mol. The Morgan fingerprint density at radius 2 is 2.03 bits per heavy atom. The summed E-state index contributed by atoms with van der Waals surface area (Å²) in [5.41, 5.74) is 3.13. The van der Waals surface area contributed by atoms with Gasteiger partial charge in [0.25, 0.3) is 5.91 Å². The van der Waals surface area contributed by atoms with Crippen LogP contribution < -0.4 is 0 Å². The van der Waals surface area contributed by atoms with Crippen LogP contribution in [0.3, 0.4) is 0 Å². The molecule has 0 N–H and O–H groups in total. The fourth-order valence-corrected chi connectivity index (χ4v) is 5.02. The van der Waals surface area contributed by atoms with Crippen molar-refractivity contribution in [3.8, 4) is 11.3 Å². The first-order valence-electron chi connectivity index (χ1n) is 10.9. The highest BCUT2D eigenvalue weighted by Gasteiger charge is 2.41. The Kier molecular flexibility index (Phi) is 4.85. The second-order valence-electron chi connectivity index (χ2n) is 8.33. The molecular weight excluding hydrogens is 376 g/mol. The van der Waals surface area contributed by atoms with E-state index in [9.17, 15) is 9.59 Å². The Balaban J connectivity index is 1.58. The van der Waals surface area contributed by atoms with E-state index in [4.69, 9.17) is 4.98 Å². The number of aryl methyl sites for hydroxylation is 1. The first-order chi connectivity index (χ1) is 14.7. The van der Waals surface area contributed by atoms with Gasteiger partial charge in [-0.05, 0) is 31.9 Å². The number of amides is 1. The zero-order valence-corrected chi connectivity index (χ0v) is 17.3. The minimum Gasteiger partial charge on any atom is -0.334 e. The van der Waals surface area contributed by atoms with Gasteiger partial charge >= 0.3 is 0 Å². The predicted octanol–water partition coefficient (Wildman–Crippen LogP) is 4.09. The van der Waals surface area contributed by atoms with Gasteiger partial charge in [0.2, 0.25) is 0 Å². The first-order valence-corrected chi connectivity index (χ1v) is 10.9. The van der Waals surface area contributed by atoms with Crippen LogP contribution in [0.15, 0.2) is 42.7 Å². The third-order valence-electron chi connectivity index (χ3n) is 6.60. The molecule has 0 bridgehead atoms. The van der Waals surface area contributed by atoms with Crippen LogP contribution in [-0.2, 0) is 11.3 Å². The number of piperidine rings is 1. The van der Waals surface area contributed by atoms with Crippen molar-refractivity contribution in [2.75, 3.05) is 6.54 Å². The van der Waals surface area contributed by atoms with E-state index in [-0.39, 0.29) is 17.9 Å². The van der Waals surface area contributed by atoms with Gasteiger partial charge in [-0.15, -0.1) is 0 Å². The van der Waals surface area contributed by atoms with Crippen molar-refractivity contribution >= 4 is 22.6 Å². The Morgan fingerprint density at radius 1 is 1.20 bits per heavy atom. The fraction of sp³-hybridized carbons (Fsp3) is 0.417. The lowest BCUT2D eigenvalue weighted by atomic mass is 9.77. The zero-order chi connectivity index (χ0) is 20.7. The highest BCUT2D eigenvalue weighted by Crippen LogP contribution is 2.35. The smallest absolute Gasteiger partial charge is 0.254 e. The normalized spacial score (nSPS) is 21.6. The van der Waals surface area contributed by atoms with Crippen molar-refractivity contribution in [2.24, 2.45) is 5.92 Å². The molecule has 1 aromatic carbocycles. The van der Waals surface area contributed by atoms with E-state index in [1.807, 2.05) is 53.0 Å². The van der Waals surface area contributed by atoms with Crippen LogP contribution in [0.2, 0.25) is 0 Å². The van der Waals surface area contributed by atoms with Gasteiger partial charge in [0.1, 0.15) is 5.78 Å². The SMILES string of the molecule is CCn1cc(-c2cc(C(=O)N3CCC(=O)[C@@H]4CCCC[C@H]43)c3ccccc3n2)cn1. The summed E-state index contributed by atoms with van der Waals surface area (Å²) in [4.78, 5) is 33.0. The number of para-hydroxylation sites is 1. The van der Waals surface area contributed by atoms with Gasteiger partial charge in [-0.1, -0.05) is 31.0 Å². The Labute approximate surface area is 175 Å². The van der Waals surface area contributed by atoms with E-state index < -0.39 is 0 Å². The molecule has 2 aromatic heterocycles. The standard InChI is InChI=1S/C24H26N4O2/c1-2-27-15-16(14-25-27)21-13-19(17-7-3-5-9-20(17)26-21)24(30)28-12-11-23(29)18-8-4-6-10-22(18)28/h3,5,7,9,13-15,18,22H,2,4,6,8,10-12H2,1H3/t18-,22-/m1/s1. The molecule has 1 aliphatic heterocycles. The van der Waals surface area contributed by atoms with Crippen LogP contribution in [0.5, 0.6) is 0 Å². The lowest BCUT2D eigenvalue weighted by Crippen LogP contribution is -2.53. The summed E-state index contributed by atoms with van der Waals surface area (Å²) < 4.78 is 1.86. The summed E-state index contributed by atoms with van der Waals surface area (Å²) in [7, 11) is 0. The number of pyridine rings is 1. The van der Waals surface area contributed by atoms with E-state index >= 15 is 0 Å². The van der Waals surface area contributed by atoms with Gasteiger partial charge in [-0.2, -0.15) is 5.10 Å². The second-order valence-corrected chi connectivity index (χ2v) is 8.33. The van der Waals surface area contributed by atoms with Crippen LogP contribution in [-0.4, -0.2) is 43.9 Å². The van der Waals surface area contributed by atoms with Crippen LogP contribution in [0.25, 0.3) is 22.2 Å². The molecule has 2 fully saturated rings. The number of aromatic nitrogens is 3. The molecule has 0 radical (unpaired) electrons. The van der Waals surface area contributed by atoms with E-state index in [0.29, 0.717) is 24.3 Å². The molecule has 3 aromatic rings. The zero-order valence-electron chi connectivity index (χ0n) is 17.3. The topological polar surface area (TPSA) is 68.1 Å². The molecule has 1 amide bonds. The van der Waals surface area contributed by atoms with Crippen molar-refractivity contribution in [1.29, 1.82) is 0 Å². The van der Waals surface area contributed by atoms with Gasteiger partial charge in [-0.3, -0.25) is 14.3 Å². The molecule has 2 aliphatic rings. The summed E-state index contributed by atoms with van der Waals surface area (Å²) >= 11 is 0. The highest BCUT2D eigenvalue weighted by atomic mass is 16.2.